The Labute approximate surface area is 98.0 Å². The molecule has 4 heteroatoms. The van der Waals surface area contributed by atoms with Crippen LogP contribution in [0.3, 0.4) is 0 Å². The van der Waals surface area contributed by atoms with E-state index >= 15 is 0 Å². The van der Waals surface area contributed by atoms with Crippen molar-refractivity contribution in [3.05, 3.63) is 34.9 Å². The zero-order valence-electron chi connectivity index (χ0n) is 9.40. The van der Waals surface area contributed by atoms with Crippen molar-refractivity contribution >= 4 is 0 Å². The highest BCUT2D eigenvalue weighted by Gasteiger charge is 2.42. The third-order valence-electron chi connectivity index (χ3n) is 4.01. The maximum Gasteiger partial charge on any atom is 0.416 e. The zero-order chi connectivity index (χ0) is 12.1. The molecule has 92 valence electrons. The minimum atomic E-state index is -4.23. The first-order valence-corrected chi connectivity index (χ1v) is 5.97. The van der Waals surface area contributed by atoms with Crippen molar-refractivity contribution in [3.8, 4) is 0 Å². The van der Waals surface area contributed by atoms with Crippen LogP contribution < -0.4 is 5.32 Å². The van der Waals surface area contributed by atoms with Crippen LogP contribution in [0.15, 0.2) is 18.2 Å². The first-order valence-electron chi connectivity index (χ1n) is 5.97. The number of alkyl halides is 3. The number of aryl methyl sites for hydroxylation is 1. The Kier molecular flexibility index (Phi) is 2.27. The van der Waals surface area contributed by atoms with Gasteiger partial charge < -0.3 is 5.32 Å². The average Bonchev–Trinajstić information content (AvgIpc) is 2.87. The molecule has 0 bridgehead atoms. The number of fused-ring (bicyclic) bond motifs is 2. The Balaban J connectivity index is 2.02. The van der Waals surface area contributed by atoms with Crippen LogP contribution in [0, 0.1) is 0 Å². The lowest BCUT2D eigenvalue weighted by Crippen LogP contribution is -2.34. The van der Waals surface area contributed by atoms with E-state index in [2.05, 4.69) is 5.32 Å². The molecular formula is C13H14F3N. The van der Waals surface area contributed by atoms with Gasteiger partial charge in [-0.15, -0.1) is 0 Å². The summed E-state index contributed by atoms with van der Waals surface area (Å²) in [6.07, 6.45) is -0.379. The molecule has 1 nitrogen and oxygen atoms in total. The van der Waals surface area contributed by atoms with Crippen LogP contribution >= 0.6 is 0 Å². The molecule has 2 aliphatic rings. The second-order valence-corrected chi connectivity index (χ2v) is 4.98. The summed E-state index contributed by atoms with van der Waals surface area (Å²) in [5, 5.41) is 3.47. The second kappa shape index (κ2) is 3.48. The molecule has 1 aromatic carbocycles. The van der Waals surface area contributed by atoms with Crippen LogP contribution in [-0.4, -0.2) is 6.54 Å². The van der Waals surface area contributed by atoms with E-state index in [0.29, 0.717) is 0 Å². The maximum atomic E-state index is 12.6. The van der Waals surface area contributed by atoms with E-state index in [-0.39, 0.29) is 5.54 Å². The summed E-state index contributed by atoms with van der Waals surface area (Å²) in [6.45, 7) is 0.973. The van der Waals surface area contributed by atoms with Crippen molar-refractivity contribution < 1.29 is 13.2 Å². The fourth-order valence-electron chi connectivity index (χ4n) is 3.18. The van der Waals surface area contributed by atoms with Gasteiger partial charge in [0.25, 0.3) is 0 Å². The highest BCUT2D eigenvalue weighted by molar-refractivity contribution is 5.42. The minimum Gasteiger partial charge on any atom is -0.307 e. The van der Waals surface area contributed by atoms with Crippen LogP contribution in [0.5, 0.6) is 0 Å². The molecule has 1 atom stereocenters. The summed E-state index contributed by atoms with van der Waals surface area (Å²) < 4.78 is 37.8. The van der Waals surface area contributed by atoms with Gasteiger partial charge >= 0.3 is 6.18 Å². The third kappa shape index (κ3) is 1.66. The standard InChI is InChI=1S/C13H14F3N/c14-13(15,16)10-2-3-11-9(8-10)4-6-12(11)5-1-7-17-12/h2-3,8,17H,1,4-7H2/t12-/m1/s1. The molecular weight excluding hydrogens is 227 g/mol. The first-order chi connectivity index (χ1) is 8.01. The van der Waals surface area contributed by atoms with E-state index in [0.717, 1.165) is 43.4 Å². The molecule has 1 saturated heterocycles. The Morgan fingerprint density at radius 3 is 2.65 bits per heavy atom. The molecule has 0 radical (unpaired) electrons. The Morgan fingerprint density at radius 2 is 2.00 bits per heavy atom. The molecule has 1 aliphatic carbocycles. The predicted octanol–water partition coefficient (Wildman–Crippen LogP) is 3.23. The van der Waals surface area contributed by atoms with Crippen molar-refractivity contribution in [2.75, 3.05) is 6.54 Å². The lowest BCUT2D eigenvalue weighted by Gasteiger charge is -2.25. The highest BCUT2D eigenvalue weighted by atomic mass is 19.4. The van der Waals surface area contributed by atoms with Crippen molar-refractivity contribution in [2.45, 2.75) is 37.4 Å². The predicted molar refractivity (Wildman–Crippen MR) is 58.7 cm³/mol. The lowest BCUT2D eigenvalue weighted by molar-refractivity contribution is -0.137. The highest BCUT2D eigenvalue weighted by Crippen LogP contribution is 2.44. The SMILES string of the molecule is FC(F)(F)c1ccc2c(c1)CC[C@]21CCCN1. The van der Waals surface area contributed by atoms with Gasteiger partial charge in [-0.3, -0.25) is 0 Å². The van der Waals surface area contributed by atoms with Gasteiger partial charge in [0.2, 0.25) is 0 Å². The van der Waals surface area contributed by atoms with E-state index in [4.69, 9.17) is 0 Å². The molecule has 1 aromatic rings. The smallest absolute Gasteiger partial charge is 0.307 e. The Bertz CT molecular complexity index is 444. The van der Waals surface area contributed by atoms with Gasteiger partial charge in [-0.1, -0.05) is 6.07 Å². The topological polar surface area (TPSA) is 12.0 Å². The van der Waals surface area contributed by atoms with Gasteiger partial charge in [-0.2, -0.15) is 13.2 Å². The van der Waals surface area contributed by atoms with E-state index in [1.165, 1.54) is 12.1 Å². The van der Waals surface area contributed by atoms with E-state index in [1.54, 1.807) is 6.07 Å². The molecule has 1 N–H and O–H groups in total. The normalized spacial score (nSPS) is 27.7. The van der Waals surface area contributed by atoms with E-state index in [1.807, 2.05) is 0 Å². The molecule has 0 amide bonds. The van der Waals surface area contributed by atoms with Crippen LogP contribution in [0.1, 0.15) is 36.0 Å². The second-order valence-electron chi connectivity index (χ2n) is 4.98. The van der Waals surface area contributed by atoms with E-state index < -0.39 is 11.7 Å². The number of hydrogen-bond acceptors (Lipinski definition) is 1. The van der Waals surface area contributed by atoms with Crippen molar-refractivity contribution in [3.63, 3.8) is 0 Å². The van der Waals surface area contributed by atoms with E-state index in [9.17, 15) is 13.2 Å². The maximum absolute atomic E-state index is 12.6. The molecule has 1 aliphatic heterocycles. The average molecular weight is 241 g/mol. The molecule has 1 heterocycles. The molecule has 1 spiro atoms. The van der Waals surface area contributed by atoms with Crippen molar-refractivity contribution in [1.29, 1.82) is 0 Å². The van der Waals surface area contributed by atoms with Gasteiger partial charge in [0, 0.05) is 5.54 Å². The largest absolute Gasteiger partial charge is 0.416 e. The summed E-state index contributed by atoms with van der Waals surface area (Å²) in [6, 6.07) is 4.21. The summed E-state index contributed by atoms with van der Waals surface area (Å²) >= 11 is 0. The molecule has 1 fully saturated rings. The number of nitrogens with one attached hydrogen (secondary N) is 1. The molecule has 0 saturated carbocycles. The zero-order valence-corrected chi connectivity index (χ0v) is 9.40. The van der Waals surface area contributed by atoms with Crippen molar-refractivity contribution in [2.24, 2.45) is 0 Å². The molecule has 3 rings (SSSR count). The van der Waals surface area contributed by atoms with Gasteiger partial charge in [0.15, 0.2) is 0 Å². The van der Waals surface area contributed by atoms with Gasteiger partial charge in [0.05, 0.1) is 5.56 Å². The monoisotopic (exact) mass is 241 g/mol. The summed E-state index contributed by atoms with van der Waals surface area (Å²) in [4.78, 5) is 0. The quantitative estimate of drug-likeness (QED) is 0.735. The lowest BCUT2D eigenvalue weighted by atomic mass is 9.90. The summed E-state index contributed by atoms with van der Waals surface area (Å²) in [5.41, 5.74) is 1.41. The molecule has 17 heavy (non-hydrogen) atoms. The minimum absolute atomic E-state index is 0.0283. The Hall–Kier alpha value is -1.03. The fraction of sp³-hybridized carbons (Fsp3) is 0.538. The number of benzene rings is 1. The number of rotatable bonds is 0. The number of hydrogen-bond donors (Lipinski definition) is 1. The van der Waals surface area contributed by atoms with Gasteiger partial charge in [-0.25, -0.2) is 0 Å². The molecule has 0 aromatic heterocycles. The van der Waals surface area contributed by atoms with Gasteiger partial charge in [0.1, 0.15) is 0 Å². The summed E-state index contributed by atoms with van der Waals surface area (Å²) in [5.74, 6) is 0. The third-order valence-corrected chi connectivity index (χ3v) is 4.01. The van der Waals surface area contributed by atoms with Crippen LogP contribution in [0.25, 0.3) is 0 Å². The molecule has 0 unspecified atom stereocenters. The first kappa shape index (κ1) is 11.1. The summed E-state index contributed by atoms with van der Waals surface area (Å²) in [7, 11) is 0. The Morgan fingerprint density at radius 1 is 1.18 bits per heavy atom. The van der Waals surface area contributed by atoms with Crippen LogP contribution in [0.2, 0.25) is 0 Å². The fourth-order valence-corrected chi connectivity index (χ4v) is 3.18. The van der Waals surface area contributed by atoms with Crippen molar-refractivity contribution in [1.82, 2.24) is 5.32 Å². The van der Waals surface area contributed by atoms with Crippen LogP contribution in [-0.2, 0) is 18.1 Å². The number of halogens is 3. The van der Waals surface area contributed by atoms with Crippen LogP contribution in [0.4, 0.5) is 13.2 Å². The van der Waals surface area contributed by atoms with Gasteiger partial charge in [-0.05, 0) is 55.5 Å².